The van der Waals surface area contributed by atoms with E-state index in [-0.39, 0.29) is 18.1 Å². The fourth-order valence-electron chi connectivity index (χ4n) is 2.85. The lowest BCUT2D eigenvalue weighted by molar-refractivity contribution is -0.0567. The molecule has 8 nitrogen and oxygen atoms in total. The number of nitrogens with one attached hydrogen (secondary N) is 1. The molecule has 3 heterocycles. The molecule has 25 heavy (non-hydrogen) atoms. The predicted octanol–water partition coefficient (Wildman–Crippen LogP) is 0.976. The van der Waals surface area contributed by atoms with Gasteiger partial charge in [0.25, 0.3) is 5.91 Å². The molecule has 2 aromatic heterocycles. The molecule has 1 aliphatic carbocycles. The van der Waals surface area contributed by atoms with Crippen molar-refractivity contribution in [2.75, 3.05) is 19.8 Å². The van der Waals surface area contributed by atoms with Gasteiger partial charge < -0.3 is 14.8 Å². The highest BCUT2D eigenvalue weighted by Crippen LogP contribution is 2.30. The van der Waals surface area contributed by atoms with Gasteiger partial charge in [0.15, 0.2) is 0 Å². The van der Waals surface area contributed by atoms with Crippen LogP contribution in [-0.4, -0.2) is 57.6 Å². The van der Waals surface area contributed by atoms with Crippen molar-refractivity contribution >= 4 is 5.91 Å². The van der Waals surface area contributed by atoms with Gasteiger partial charge in [0.05, 0.1) is 18.8 Å². The number of aromatic nitrogens is 4. The summed E-state index contributed by atoms with van der Waals surface area (Å²) < 4.78 is 13.2. The number of ether oxygens (including phenoxy) is 2. The van der Waals surface area contributed by atoms with Gasteiger partial charge in [-0.1, -0.05) is 6.07 Å². The standard InChI is InChI=1S/C17H21N5O3/c23-17(13-2-1-3-16(20-13)22-10-18-19-11-22)21-14-9-24-7-6-15(14)25-8-12-4-5-12/h1-3,10-12,14-15H,4-9H2,(H,21,23)/t14-,15+/m1/s1. The third-order valence-corrected chi connectivity index (χ3v) is 4.50. The van der Waals surface area contributed by atoms with Gasteiger partial charge in [0.2, 0.25) is 0 Å². The van der Waals surface area contributed by atoms with Gasteiger partial charge in [0.1, 0.15) is 24.2 Å². The Hall–Kier alpha value is -2.32. The van der Waals surface area contributed by atoms with E-state index in [1.54, 1.807) is 35.4 Å². The van der Waals surface area contributed by atoms with Crippen LogP contribution in [0.15, 0.2) is 30.9 Å². The second-order valence-corrected chi connectivity index (χ2v) is 6.51. The third-order valence-electron chi connectivity index (χ3n) is 4.50. The summed E-state index contributed by atoms with van der Waals surface area (Å²) in [5, 5.41) is 10.5. The SMILES string of the molecule is O=C(N[C@@H]1COCC[C@@H]1OCC1CC1)c1cccc(-n2cnnc2)n1. The third kappa shape index (κ3) is 4.02. The number of carbonyl (C=O) groups is 1. The first kappa shape index (κ1) is 16.2. The van der Waals surface area contributed by atoms with E-state index in [0.29, 0.717) is 30.6 Å². The van der Waals surface area contributed by atoms with E-state index in [1.807, 2.05) is 0 Å². The lowest BCUT2D eigenvalue weighted by Crippen LogP contribution is -2.50. The van der Waals surface area contributed by atoms with Gasteiger partial charge >= 0.3 is 0 Å². The number of hydrogen-bond acceptors (Lipinski definition) is 6. The molecular weight excluding hydrogens is 322 g/mol. The van der Waals surface area contributed by atoms with Crippen molar-refractivity contribution < 1.29 is 14.3 Å². The Kier molecular flexibility index (Phi) is 4.71. The van der Waals surface area contributed by atoms with E-state index in [4.69, 9.17) is 9.47 Å². The zero-order chi connectivity index (χ0) is 17.1. The van der Waals surface area contributed by atoms with Crippen LogP contribution in [0.3, 0.4) is 0 Å². The van der Waals surface area contributed by atoms with Gasteiger partial charge in [0, 0.05) is 13.2 Å². The summed E-state index contributed by atoms with van der Waals surface area (Å²) in [6, 6.07) is 5.12. The first-order valence-electron chi connectivity index (χ1n) is 8.62. The average Bonchev–Trinajstić information content (AvgIpc) is 3.31. The molecule has 0 radical (unpaired) electrons. The van der Waals surface area contributed by atoms with Gasteiger partial charge in [-0.25, -0.2) is 4.98 Å². The lowest BCUT2D eigenvalue weighted by atomic mass is 10.1. The summed E-state index contributed by atoms with van der Waals surface area (Å²) in [4.78, 5) is 17.0. The Morgan fingerprint density at radius 2 is 2.12 bits per heavy atom. The molecule has 2 aliphatic rings. The normalized spacial score (nSPS) is 23.4. The molecule has 8 heteroatoms. The van der Waals surface area contributed by atoms with Crippen LogP contribution in [0.1, 0.15) is 29.8 Å². The maximum absolute atomic E-state index is 12.6. The van der Waals surface area contributed by atoms with Crippen LogP contribution in [0.4, 0.5) is 0 Å². The molecule has 1 aliphatic heterocycles. The first-order chi connectivity index (χ1) is 12.3. The number of hydrogen-bond donors (Lipinski definition) is 1. The Labute approximate surface area is 145 Å². The van der Waals surface area contributed by atoms with E-state index in [2.05, 4.69) is 20.5 Å². The van der Waals surface area contributed by atoms with E-state index in [9.17, 15) is 4.79 Å². The Morgan fingerprint density at radius 3 is 2.92 bits per heavy atom. The highest BCUT2D eigenvalue weighted by atomic mass is 16.5. The van der Waals surface area contributed by atoms with Crippen LogP contribution in [-0.2, 0) is 9.47 Å². The van der Waals surface area contributed by atoms with Crippen molar-refractivity contribution in [3.63, 3.8) is 0 Å². The summed E-state index contributed by atoms with van der Waals surface area (Å²) in [7, 11) is 0. The summed E-state index contributed by atoms with van der Waals surface area (Å²) in [6.07, 6.45) is 6.38. The number of nitrogens with zero attached hydrogens (tertiary/aromatic N) is 4. The van der Waals surface area contributed by atoms with E-state index in [0.717, 1.165) is 13.0 Å². The summed E-state index contributed by atoms with van der Waals surface area (Å²) in [5.74, 6) is 1.06. The highest BCUT2D eigenvalue weighted by Gasteiger charge is 2.31. The van der Waals surface area contributed by atoms with E-state index >= 15 is 0 Å². The fourth-order valence-corrected chi connectivity index (χ4v) is 2.85. The molecule has 2 atom stereocenters. The molecule has 0 bridgehead atoms. The largest absolute Gasteiger partial charge is 0.379 e. The van der Waals surface area contributed by atoms with E-state index in [1.165, 1.54) is 12.8 Å². The zero-order valence-corrected chi connectivity index (χ0v) is 13.9. The van der Waals surface area contributed by atoms with Crippen molar-refractivity contribution in [2.45, 2.75) is 31.4 Å². The minimum Gasteiger partial charge on any atom is -0.379 e. The number of rotatable bonds is 6. The zero-order valence-electron chi connectivity index (χ0n) is 13.9. The van der Waals surface area contributed by atoms with Crippen molar-refractivity contribution in [3.05, 3.63) is 36.5 Å². The molecule has 2 aromatic rings. The Bertz CT molecular complexity index is 717. The topological polar surface area (TPSA) is 91.2 Å². The molecular formula is C17H21N5O3. The minimum atomic E-state index is -0.231. The number of carbonyl (C=O) groups excluding carboxylic acids is 1. The van der Waals surface area contributed by atoms with Crippen LogP contribution in [0.5, 0.6) is 0 Å². The molecule has 0 aromatic carbocycles. The predicted molar refractivity (Wildman–Crippen MR) is 88.3 cm³/mol. The molecule has 4 rings (SSSR count). The molecule has 1 amide bonds. The van der Waals surface area contributed by atoms with Crippen molar-refractivity contribution in [2.24, 2.45) is 5.92 Å². The van der Waals surface area contributed by atoms with Gasteiger partial charge in [-0.05, 0) is 37.3 Å². The molecule has 1 N–H and O–H groups in total. The van der Waals surface area contributed by atoms with Crippen LogP contribution >= 0.6 is 0 Å². The van der Waals surface area contributed by atoms with Crippen LogP contribution in [0.2, 0.25) is 0 Å². The van der Waals surface area contributed by atoms with Gasteiger partial charge in [-0.15, -0.1) is 10.2 Å². The van der Waals surface area contributed by atoms with Crippen molar-refractivity contribution in [3.8, 4) is 5.82 Å². The second kappa shape index (κ2) is 7.28. The van der Waals surface area contributed by atoms with Gasteiger partial charge in [-0.3, -0.25) is 9.36 Å². The summed E-state index contributed by atoms with van der Waals surface area (Å²) in [5.41, 5.74) is 0.345. The number of amides is 1. The van der Waals surface area contributed by atoms with Crippen LogP contribution in [0, 0.1) is 5.92 Å². The van der Waals surface area contributed by atoms with Gasteiger partial charge in [-0.2, -0.15) is 0 Å². The molecule has 0 spiro atoms. The minimum absolute atomic E-state index is 0.000619. The highest BCUT2D eigenvalue weighted by molar-refractivity contribution is 5.92. The summed E-state index contributed by atoms with van der Waals surface area (Å²) in [6.45, 7) is 1.91. The fraction of sp³-hybridized carbons (Fsp3) is 0.529. The maximum Gasteiger partial charge on any atom is 0.270 e. The Morgan fingerprint density at radius 1 is 1.28 bits per heavy atom. The maximum atomic E-state index is 12.6. The first-order valence-corrected chi connectivity index (χ1v) is 8.62. The smallest absolute Gasteiger partial charge is 0.270 e. The molecule has 0 unspecified atom stereocenters. The van der Waals surface area contributed by atoms with Crippen molar-refractivity contribution in [1.29, 1.82) is 0 Å². The average molecular weight is 343 g/mol. The van der Waals surface area contributed by atoms with Crippen LogP contribution in [0.25, 0.3) is 5.82 Å². The lowest BCUT2D eigenvalue weighted by Gasteiger charge is -2.32. The molecule has 1 saturated carbocycles. The molecule has 1 saturated heterocycles. The van der Waals surface area contributed by atoms with Crippen molar-refractivity contribution in [1.82, 2.24) is 25.1 Å². The monoisotopic (exact) mass is 343 g/mol. The van der Waals surface area contributed by atoms with E-state index < -0.39 is 0 Å². The Balaban J connectivity index is 1.42. The van der Waals surface area contributed by atoms with Crippen LogP contribution < -0.4 is 5.32 Å². The molecule has 132 valence electrons. The number of pyridine rings is 1. The molecule has 2 fully saturated rings. The summed E-state index contributed by atoms with van der Waals surface area (Å²) >= 11 is 0. The quantitative estimate of drug-likeness (QED) is 0.841. The second-order valence-electron chi connectivity index (χ2n) is 6.51.